The number of hydrogen-bond donors (Lipinski definition) is 3. The Kier molecular flexibility index (Phi) is 5.40. The summed E-state index contributed by atoms with van der Waals surface area (Å²) in [4.78, 5) is 21.6. The predicted molar refractivity (Wildman–Crippen MR) is 85.4 cm³/mol. The Morgan fingerprint density at radius 1 is 1.29 bits per heavy atom. The molecule has 0 spiro atoms. The number of benzene rings is 2. The van der Waals surface area contributed by atoms with E-state index in [1.54, 1.807) is 0 Å². The lowest BCUT2D eigenvalue weighted by Crippen LogP contribution is -2.25. The minimum atomic E-state index is -0.724. The van der Waals surface area contributed by atoms with Crippen LogP contribution in [0.15, 0.2) is 47.6 Å². The first-order chi connectivity index (χ1) is 11.5. The Morgan fingerprint density at radius 2 is 2.00 bits per heavy atom. The largest absolute Gasteiger partial charge is 0.502 e. The van der Waals surface area contributed by atoms with Crippen LogP contribution in [0.3, 0.4) is 0 Å². The number of nitrogens with one attached hydrogen (secondary N) is 2. The minimum Gasteiger partial charge on any atom is -0.502 e. The lowest BCUT2D eigenvalue weighted by Gasteiger charge is -2.04. The molecule has 0 aromatic heterocycles. The zero-order valence-corrected chi connectivity index (χ0v) is 12.3. The number of hydrazone groups is 1. The maximum Gasteiger partial charge on any atom is 0.311 e. The molecule has 0 aliphatic heterocycles. The highest BCUT2D eigenvalue weighted by Crippen LogP contribution is 2.25. The van der Waals surface area contributed by atoms with E-state index in [2.05, 4.69) is 15.8 Å². The number of halogens is 1. The number of carbonyl (C=O) groups is 1. The summed E-state index contributed by atoms with van der Waals surface area (Å²) in [6.07, 6.45) is 1.21. The van der Waals surface area contributed by atoms with Gasteiger partial charge in [-0.15, -0.1) is 0 Å². The second-order valence-corrected chi connectivity index (χ2v) is 4.66. The Labute approximate surface area is 135 Å². The molecule has 0 fully saturated rings. The molecule has 0 bridgehead atoms. The lowest BCUT2D eigenvalue weighted by atomic mass is 10.2. The molecule has 0 saturated heterocycles. The molecular weight excluding hydrogens is 319 g/mol. The third kappa shape index (κ3) is 4.77. The van der Waals surface area contributed by atoms with E-state index in [1.807, 2.05) is 0 Å². The number of amides is 1. The average molecular weight is 332 g/mol. The van der Waals surface area contributed by atoms with Crippen molar-refractivity contribution in [2.24, 2.45) is 5.10 Å². The van der Waals surface area contributed by atoms with Crippen LogP contribution in [0.4, 0.5) is 15.8 Å². The van der Waals surface area contributed by atoms with Crippen molar-refractivity contribution < 1.29 is 19.2 Å². The molecule has 1 amide bonds. The van der Waals surface area contributed by atoms with Crippen molar-refractivity contribution in [1.82, 2.24) is 5.43 Å². The van der Waals surface area contributed by atoms with E-state index >= 15 is 0 Å². The van der Waals surface area contributed by atoms with Crippen molar-refractivity contribution in [3.63, 3.8) is 0 Å². The summed E-state index contributed by atoms with van der Waals surface area (Å²) in [7, 11) is 0. The zero-order valence-electron chi connectivity index (χ0n) is 12.3. The Bertz CT molecular complexity index is 778. The number of anilines is 1. The first-order valence-corrected chi connectivity index (χ1v) is 6.74. The lowest BCUT2D eigenvalue weighted by molar-refractivity contribution is -0.385. The SMILES string of the molecule is O=C(CNc1ccc(F)cc1)N/N=C\c1ccc(O)c([N+](=O)[O-])c1. The number of phenolic OH excluding ortho intramolecular Hbond substituents is 1. The van der Waals surface area contributed by atoms with Crippen molar-refractivity contribution in [3.05, 3.63) is 64.0 Å². The topological polar surface area (TPSA) is 117 Å². The van der Waals surface area contributed by atoms with Crippen LogP contribution in [-0.4, -0.2) is 28.7 Å². The van der Waals surface area contributed by atoms with Gasteiger partial charge in [0.2, 0.25) is 0 Å². The van der Waals surface area contributed by atoms with Gasteiger partial charge in [0.25, 0.3) is 5.91 Å². The molecule has 2 aromatic rings. The fourth-order valence-electron chi connectivity index (χ4n) is 1.74. The molecule has 9 heteroatoms. The molecule has 24 heavy (non-hydrogen) atoms. The van der Waals surface area contributed by atoms with Crippen LogP contribution in [0.1, 0.15) is 5.56 Å². The molecule has 2 rings (SSSR count). The molecule has 0 atom stereocenters. The van der Waals surface area contributed by atoms with Crippen molar-refractivity contribution in [2.45, 2.75) is 0 Å². The maximum atomic E-state index is 12.7. The minimum absolute atomic E-state index is 0.0846. The van der Waals surface area contributed by atoms with Crippen LogP contribution in [0.5, 0.6) is 5.75 Å². The molecule has 0 saturated carbocycles. The number of nitrogens with zero attached hydrogens (tertiary/aromatic N) is 2. The van der Waals surface area contributed by atoms with Gasteiger partial charge >= 0.3 is 5.69 Å². The summed E-state index contributed by atoms with van der Waals surface area (Å²) >= 11 is 0. The highest BCUT2D eigenvalue weighted by Gasteiger charge is 2.12. The average Bonchev–Trinajstić information content (AvgIpc) is 2.55. The number of nitro groups is 1. The van der Waals surface area contributed by atoms with E-state index in [0.717, 1.165) is 12.1 Å². The molecule has 8 nitrogen and oxygen atoms in total. The summed E-state index contributed by atoms with van der Waals surface area (Å²) in [6.45, 7) is -0.0846. The molecule has 0 aliphatic rings. The number of carbonyl (C=O) groups excluding carboxylic acids is 1. The van der Waals surface area contributed by atoms with Crippen LogP contribution in [-0.2, 0) is 4.79 Å². The van der Waals surface area contributed by atoms with Crippen molar-refractivity contribution >= 4 is 23.5 Å². The number of nitro benzene ring substituents is 1. The van der Waals surface area contributed by atoms with Gasteiger partial charge in [0.1, 0.15) is 5.82 Å². The standard InChI is InChI=1S/C15H13FN4O4/c16-11-2-4-12(5-3-11)17-9-15(22)19-18-8-10-1-6-14(21)13(7-10)20(23)24/h1-8,17,21H,9H2,(H,19,22)/b18-8-. The van der Waals surface area contributed by atoms with Gasteiger partial charge in [-0.05, 0) is 36.4 Å². The monoisotopic (exact) mass is 332 g/mol. The van der Waals surface area contributed by atoms with Gasteiger partial charge in [0.15, 0.2) is 5.75 Å². The summed E-state index contributed by atoms with van der Waals surface area (Å²) in [5.41, 5.74) is 2.70. The second-order valence-electron chi connectivity index (χ2n) is 4.66. The molecule has 3 N–H and O–H groups in total. The molecule has 0 radical (unpaired) electrons. The molecule has 0 aliphatic carbocycles. The highest BCUT2D eigenvalue weighted by atomic mass is 19.1. The van der Waals surface area contributed by atoms with E-state index in [0.29, 0.717) is 11.3 Å². The number of hydrogen-bond acceptors (Lipinski definition) is 6. The van der Waals surface area contributed by atoms with Crippen LogP contribution < -0.4 is 10.7 Å². The van der Waals surface area contributed by atoms with Crippen molar-refractivity contribution in [3.8, 4) is 5.75 Å². The smallest absolute Gasteiger partial charge is 0.311 e. The van der Waals surface area contributed by atoms with Gasteiger partial charge in [0, 0.05) is 17.3 Å². The third-order valence-corrected chi connectivity index (χ3v) is 2.90. The maximum absolute atomic E-state index is 12.7. The number of rotatable bonds is 6. The second kappa shape index (κ2) is 7.68. The highest BCUT2D eigenvalue weighted by molar-refractivity contribution is 5.85. The first kappa shape index (κ1) is 16.9. The van der Waals surface area contributed by atoms with Crippen molar-refractivity contribution in [1.29, 1.82) is 0 Å². The molecule has 2 aromatic carbocycles. The summed E-state index contributed by atoms with van der Waals surface area (Å²) in [6, 6.07) is 9.20. The normalized spacial score (nSPS) is 10.5. The summed E-state index contributed by atoms with van der Waals surface area (Å²) < 4.78 is 12.7. The summed E-state index contributed by atoms with van der Waals surface area (Å²) in [5.74, 6) is -1.29. The summed E-state index contributed by atoms with van der Waals surface area (Å²) in [5, 5.41) is 26.5. The predicted octanol–water partition coefficient (Wildman–Crippen LogP) is 2.00. The first-order valence-electron chi connectivity index (χ1n) is 6.74. The van der Waals surface area contributed by atoms with Gasteiger partial charge in [-0.3, -0.25) is 14.9 Å². The molecular formula is C15H13FN4O4. The van der Waals surface area contributed by atoms with Gasteiger partial charge in [-0.1, -0.05) is 0 Å². The Morgan fingerprint density at radius 3 is 2.67 bits per heavy atom. The van der Waals surface area contributed by atoms with Gasteiger partial charge in [-0.25, -0.2) is 9.82 Å². The quantitative estimate of drug-likeness (QED) is 0.425. The van der Waals surface area contributed by atoms with Crippen LogP contribution in [0, 0.1) is 15.9 Å². The van der Waals surface area contributed by atoms with E-state index in [9.17, 15) is 24.4 Å². The molecule has 124 valence electrons. The van der Waals surface area contributed by atoms with Crippen LogP contribution in [0.25, 0.3) is 0 Å². The van der Waals surface area contributed by atoms with Gasteiger partial charge in [0.05, 0.1) is 17.7 Å². The molecule has 0 heterocycles. The fourth-order valence-corrected chi connectivity index (χ4v) is 1.74. The van der Waals surface area contributed by atoms with E-state index in [4.69, 9.17) is 0 Å². The van der Waals surface area contributed by atoms with Gasteiger partial charge < -0.3 is 10.4 Å². The zero-order chi connectivity index (χ0) is 17.5. The van der Waals surface area contributed by atoms with Crippen molar-refractivity contribution in [2.75, 3.05) is 11.9 Å². The Balaban J connectivity index is 1.87. The fraction of sp³-hybridized carbons (Fsp3) is 0.0667. The van der Waals surface area contributed by atoms with E-state index < -0.39 is 22.3 Å². The molecule has 0 unspecified atom stereocenters. The van der Waals surface area contributed by atoms with Gasteiger partial charge in [-0.2, -0.15) is 5.10 Å². The van der Waals surface area contributed by atoms with E-state index in [-0.39, 0.29) is 12.4 Å². The Hall–Kier alpha value is -3.49. The van der Waals surface area contributed by atoms with Crippen LogP contribution >= 0.6 is 0 Å². The number of phenols is 1. The number of aromatic hydroxyl groups is 1. The van der Waals surface area contributed by atoms with Crippen LogP contribution in [0.2, 0.25) is 0 Å². The third-order valence-electron chi connectivity index (χ3n) is 2.90. The van der Waals surface area contributed by atoms with E-state index in [1.165, 1.54) is 36.5 Å².